The maximum Gasteiger partial charge on any atom is 0.743 e. The largest absolute Gasteiger partial charge is 0.743 e. The smallest absolute Gasteiger partial charge is 0.503 e. The first-order valence-electron chi connectivity index (χ1n) is 11.6. The van der Waals surface area contributed by atoms with E-state index < -0.39 is 7.25 Å². The third kappa shape index (κ3) is 3.02. The van der Waals surface area contributed by atoms with Gasteiger partial charge in [0, 0.05) is 24.3 Å². The third-order valence-electron chi connectivity index (χ3n) is 6.37. The van der Waals surface area contributed by atoms with Crippen LogP contribution in [0.4, 0.5) is 0 Å². The van der Waals surface area contributed by atoms with E-state index in [9.17, 15) is 0 Å². The second-order valence-corrected chi connectivity index (χ2v) is 8.62. The van der Waals surface area contributed by atoms with Crippen LogP contribution in [0.25, 0.3) is 45.9 Å². The average molecular weight is 489 g/mol. The molecule has 0 bridgehead atoms. The van der Waals surface area contributed by atoms with Gasteiger partial charge in [0.1, 0.15) is 16.9 Å². The molecular formula is C27H16BN3O6. The van der Waals surface area contributed by atoms with Crippen molar-refractivity contribution in [1.82, 2.24) is 4.48 Å². The summed E-state index contributed by atoms with van der Waals surface area (Å²) < 4.78 is 37.1. The molecule has 37 heavy (non-hydrogen) atoms. The van der Waals surface area contributed by atoms with Gasteiger partial charge < -0.3 is 37.2 Å². The van der Waals surface area contributed by atoms with Crippen molar-refractivity contribution in [2.75, 3.05) is 0 Å². The summed E-state index contributed by atoms with van der Waals surface area (Å²) in [6.45, 7) is 0. The van der Waals surface area contributed by atoms with Gasteiger partial charge in [-0.3, -0.25) is 0 Å². The lowest BCUT2D eigenvalue weighted by Gasteiger charge is -2.12. The second-order valence-electron chi connectivity index (χ2n) is 8.62. The number of aromatic nitrogens is 1. The molecule has 0 spiro atoms. The van der Waals surface area contributed by atoms with Gasteiger partial charge in [-0.25, -0.2) is 4.99 Å². The Balaban J connectivity index is 1.26. The summed E-state index contributed by atoms with van der Waals surface area (Å²) in [5, 5.41) is 0.673. The summed E-state index contributed by atoms with van der Waals surface area (Å²) in [5.74, 6) is 3.71. The van der Waals surface area contributed by atoms with Crippen LogP contribution in [0, 0.1) is 0 Å². The zero-order valence-corrected chi connectivity index (χ0v) is 19.1. The number of hydrogen-bond acceptors (Lipinski definition) is 8. The van der Waals surface area contributed by atoms with Crippen LogP contribution < -0.4 is 25.8 Å². The van der Waals surface area contributed by atoms with Crippen LogP contribution in [0.1, 0.15) is 5.69 Å². The van der Waals surface area contributed by atoms with E-state index >= 15 is 0 Å². The molecule has 1 aromatic carbocycles. The van der Waals surface area contributed by atoms with Gasteiger partial charge in [-0.1, -0.05) is 12.1 Å². The summed E-state index contributed by atoms with van der Waals surface area (Å²) in [4.78, 5) is 4.70. The summed E-state index contributed by atoms with van der Waals surface area (Å²) in [7, 11) is -0.797. The van der Waals surface area contributed by atoms with Crippen molar-refractivity contribution in [3.05, 3.63) is 101 Å². The van der Waals surface area contributed by atoms with Crippen LogP contribution in [0.15, 0.2) is 108 Å². The highest BCUT2D eigenvalue weighted by molar-refractivity contribution is 6.48. The van der Waals surface area contributed by atoms with Gasteiger partial charge in [0.15, 0.2) is 34.0 Å². The van der Waals surface area contributed by atoms with Crippen LogP contribution in [0.2, 0.25) is 0 Å². The second kappa shape index (κ2) is 7.38. The fourth-order valence-electron chi connectivity index (χ4n) is 4.66. The van der Waals surface area contributed by atoms with E-state index in [-0.39, 0.29) is 0 Å². The average Bonchev–Trinajstić information content (AvgIpc) is 3.73. The van der Waals surface area contributed by atoms with Crippen LogP contribution in [0.3, 0.4) is 0 Å². The number of nitrogens with zero attached hydrogens (tertiary/aromatic N) is 2. The van der Waals surface area contributed by atoms with Crippen LogP contribution >= 0.6 is 0 Å². The molecule has 0 amide bonds. The number of benzene rings is 1. The lowest BCUT2D eigenvalue weighted by Crippen LogP contribution is -2.35. The number of furan rings is 4. The number of nitrogens with two attached hydrogens (primary N) is 1. The Bertz CT molecular complexity index is 1900. The maximum atomic E-state index is 6.70. The molecule has 0 saturated heterocycles. The first-order chi connectivity index (χ1) is 18.2. The predicted octanol–water partition coefficient (Wildman–Crippen LogP) is 4.39. The maximum absolute atomic E-state index is 6.70. The number of para-hydroxylation sites is 2. The molecule has 0 saturated carbocycles. The standard InChI is InChI=1S/C27H16BN3O6/c29-27(16-12-23-15(30-16)11-25(34-23)19-7-3-9-32-19)18-14-24-17(13-26(35-24)20-8-4-10-33-20)31(18)28-36-21-5-1-2-6-22(21)37-28/h1-14H,29H2/b27-16+. The Labute approximate surface area is 208 Å². The van der Waals surface area contributed by atoms with Crippen LogP contribution in [-0.4, -0.2) is 11.7 Å². The van der Waals surface area contributed by atoms with Crippen LogP contribution in [-0.2, 0) is 0 Å². The monoisotopic (exact) mass is 489 g/mol. The number of fused-ring (bicyclic) bond motifs is 3. The highest BCUT2D eigenvalue weighted by Gasteiger charge is 2.39. The molecule has 10 heteroatoms. The number of rotatable bonds is 4. The van der Waals surface area contributed by atoms with Crippen molar-refractivity contribution in [2.24, 2.45) is 10.7 Å². The summed E-state index contributed by atoms with van der Waals surface area (Å²) in [5.41, 5.74) is 10.2. The minimum Gasteiger partial charge on any atom is -0.503 e. The fourth-order valence-corrected chi connectivity index (χ4v) is 4.66. The fraction of sp³-hybridized carbons (Fsp3) is 0. The molecule has 8 rings (SSSR count). The van der Waals surface area contributed by atoms with E-state index in [2.05, 4.69) is 0 Å². The Kier molecular flexibility index (Phi) is 3.99. The number of hydrogen-bond donors (Lipinski definition) is 1. The van der Waals surface area contributed by atoms with Crippen molar-refractivity contribution in [3.8, 4) is 34.5 Å². The van der Waals surface area contributed by atoms with E-state index in [0.29, 0.717) is 68.0 Å². The van der Waals surface area contributed by atoms with Crippen molar-refractivity contribution in [1.29, 1.82) is 0 Å². The third-order valence-corrected chi connectivity index (χ3v) is 6.37. The molecule has 0 radical (unpaired) electrons. The quantitative estimate of drug-likeness (QED) is 0.365. The van der Waals surface area contributed by atoms with Crippen molar-refractivity contribution < 1.29 is 27.0 Å². The van der Waals surface area contributed by atoms with E-state index in [1.165, 1.54) is 0 Å². The molecule has 2 N–H and O–H groups in total. The molecule has 2 aliphatic heterocycles. The molecule has 178 valence electrons. The minimum atomic E-state index is -0.797. The molecule has 0 atom stereocenters. The Morgan fingerprint density at radius 2 is 1.49 bits per heavy atom. The molecule has 0 aliphatic carbocycles. The SMILES string of the molecule is N/C(=C1\C=c2oc(-c3ccco3)cc2=N1)c1cc2oc(-c3ccco3)cc2n1B1Oc2ccccc2O1. The Hall–Kier alpha value is -5.25. The zero-order valence-electron chi connectivity index (χ0n) is 19.1. The topological polar surface area (TPSA) is 114 Å². The molecule has 7 heterocycles. The van der Waals surface area contributed by atoms with Gasteiger partial charge >= 0.3 is 7.25 Å². The Morgan fingerprint density at radius 1 is 0.784 bits per heavy atom. The molecule has 6 aromatic rings. The van der Waals surface area contributed by atoms with Gasteiger partial charge in [-0.2, -0.15) is 0 Å². The predicted molar refractivity (Wildman–Crippen MR) is 134 cm³/mol. The first-order valence-corrected chi connectivity index (χ1v) is 11.6. The van der Waals surface area contributed by atoms with Gasteiger partial charge in [-0.05, 0) is 36.4 Å². The molecule has 0 fully saturated rings. The Morgan fingerprint density at radius 3 is 2.14 bits per heavy atom. The van der Waals surface area contributed by atoms with E-state index in [1.807, 2.05) is 65.1 Å². The molecule has 2 aliphatic rings. The molecule has 0 unspecified atom stereocenters. The minimum absolute atomic E-state index is 0.417. The van der Waals surface area contributed by atoms with E-state index in [1.54, 1.807) is 24.7 Å². The van der Waals surface area contributed by atoms with Crippen molar-refractivity contribution >= 4 is 30.1 Å². The van der Waals surface area contributed by atoms with Gasteiger partial charge in [0.05, 0.1) is 35.1 Å². The highest BCUT2D eigenvalue weighted by Crippen LogP contribution is 2.38. The highest BCUT2D eigenvalue weighted by atomic mass is 16.6. The normalized spacial score (nSPS) is 15.2. The molecular weight excluding hydrogens is 473 g/mol. The van der Waals surface area contributed by atoms with E-state index in [0.717, 1.165) is 5.52 Å². The van der Waals surface area contributed by atoms with Crippen molar-refractivity contribution in [3.63, 3.8) is 0 Å². The van der Waals surface area contributed by atoms with E-state index in [4.69, 9.17) is 37.7 Å². The molecule has 9 nitrogen and oxygen atoms in total. The lowest BCUT2D eigenvalue weighted by atomic mass is 10.1. The first kappa shape index (κ1) is 20.0. The van der Waals surface area contributed by atoms with Gasteiger partial charge in [-0.15, -0.1) is 0 Å². The van der Waals surface area contributed by atoms with Crippen LogP contribution in [0.5, 0.6) is 11.5 Å². The summed E-state index contributed by atoms with van der Waals surface area (Å²) in [6, 6.07) is 20.3. The molecule has 5 aromatic heterocycles. The van der Waals surface area contributed by atoms with Gasteiger partial charge in [0.2, 0.25) is 0 Å². The zero-order chi connectivity index (χ0) is 24.5. The summed E-state index contributed by atoms with van der Waals surface area (Å²) >= 11 is 0. The summed E-state index contributed by atoms with van der Waals surface area (Å²) in [6.07, 6.45) is 5.00. The lowest BCUT2D eigenvalue weighted by molar-refractivity contribution is 0.483. The number of allylic oxidation sites excluding steroid dienone is 1. The van der Waals surface area contributed by atoms with Gasteiger partial charge in [0.25, 0.3) is 0 Å². The van der Waals surface area contributed by atoms with Crippen molar-refractivity contribution in [2.45, 2.75) is 0 Å².